The molecule has 1 aromatic carbocycles. The van der Waals surface area contributed by atoms with Crippen molar-refractivity contribution in [2.45, 2.75) is 6.61 Å². The first-order valence-corrected chi connectivity index (χ1v) is 5.52. The van der Waals surface area contributed by atoms with E-state index >= 15 is 0 Å². The topological polar surface area (TPSA) is 25.0 Å². The van der Waals surface area contributed by atoms with Gasteiger partial charge in [-0.15, -0.1) is 0 Å². The molecule has 0 saturated carbocycles. The summed E-state index contributed by atoms with van der Waals surface area (Å²) in [5, 5.41) is 0. The monoisotopic (exact) mass is 225 g/mol. The minimum absolute atomic E-state index is 0.550. The molecule has 0 aliphatic carbocycles. The highest BCUT2D eigenvalue weighted by Crippen LogP contribution is 2.07. The van der Waals surface area contributed by atoms with Crippen LogP contribution in [0.5, 0.6) is 0 Å². The number of rotatable bonds is 5. The largest absolute Gasteiger partial charge is 0.490 e. The van der Waals surface area contributed by atoms with E-state index in [1.807, 2.05) is 60.8 Å². The highest BCUT2D eigenvalue weighted by molar-refractivity contribution is 5.47. The Balaban J connectivity index is 1.82. The molecule has 2 heteroatoms. The minimum atomic E-state index is 0.550. The van der Waals surface area contributed by atoms with E-state index in [2.05, 4.69) is 11.6 Å². The van der Waals surface area contributed by atoms with Gasteiger partial charge in [-0.3, -0.25) is 0 Å². The number of H-pyrrole nitrogens is 1. The highest BCUT2D eigenvalue weighted by Gasteiger charge is 1.93. The van der Waals surface area contributed by atoms with E-state index in [1.165, 1.54) is 0 Å². The molecule has 0 amide bonds. The quantitative estimate of drug-likeness (QED) is 0.608. The third-order valence-electron chi connectivity index (χ3n) is 2.34. The lowest BCUT2D eigenvalue weighted by Crippen LogP contribution is -1.89. The average Bonchev–Trinajstić information content (AvgIpc) is 2.88. The number of benzene rings is 1. The number of allylic oxidation sites excluding steroid dienone is 1. The zero-order valence-electron chi connectivity index (χ0n) is 9.60. The number of nitrogens with one attached hydrogen (secondary N) is 1. The van der Waals surface area contributed by atoms with Gasteiger partial charge in [-0.1, -0.05) is 36.9 Å². The summed E-state index contributed by atoms with van der Waals surface area (Å²) >= 11 is 0. The van der Waals surface area contributed by atoms with E-state index < -0.39 is 0 Å². The van der Waals surface area contributed by atoms with Crippen LogP contribution in [-0.2, 0) is 11.3 Å². The molecule has 0 saturated heterocycles. The van der Waals surface area contributed by atoms with Crippen molar-refractivity contribution in [2.75, 3.05) is 0 Å². The summed E-state index contributed by atoms with van der Waals surface area (Å²) in [6.45, 7) is 4.40. The van der Waals surface area contributed by atoms with Crippen LogP contribution < -0.4 is 0 Å². The highest BCUT2D eigenvalue weighted by atomic mass is 16.5. The third kappa shape index (κ3) is 3.68. The molecule has 1 aromatic heterocycles. The van der Waals surface area contributed by atoms with Crippen LogP contribution in [0.1, 0.15) is 11.3 Å². The summed E-state index contributed by atoms with van der Waals surface area (Å²) in [5.74, 6) is 0.656. The number of aromatic amines is 1. The smallest absolute Gasteiger partial charge is 0.113 e. The molecular formula is C15H15NO. The Morgan fingerprint density at radius 2 is 2.00 bits per heavy atom. The Bertz CT molecular complexity index is 483. The van der Waals surface area contributed by atoms with Crippen molar-refractivity contribution in [3.05, 3.63) is 78.3 Å². The van der Waals surface area contributed by atoms with E-state index in [1.54, 1.807) is 0 Å². The molecule has 86 valence electrons. The maximum absolute atomic E-state index is 5.53. The predicted octanol–water partition coefficient (Wildman–Crippen LogP) is 3.76. The van der Waals surface area contributed by atoms with Crippen molar-refractivity contribution in [2.24, 2.45) is 0 Å². The lowest BCUT2D eigenvalue weighted by Gasteiger charge is -2.05. The second-order valence-electron chi connectivity index (χ2n) is 3.70. The van der Waals surface area contributed by atoms with Crippen LogP contribution in [0.15, 0.2) is 67.1 Å². The van der Waals surface area contributed by atoms with Crippen LogP contribution in [-0.4, -0.2) is 4.98 Å². The Hall–Kier alpha value is -2.22. The van der Waals surface area contributed by atoms with Gasteiger partial charge in [0.25, 0.3) is 0 Å². The maximum Gasteiger partial charge on any atom is 0.113 e. The molecule has 0 bridgehead atoms. The van der Waals surface area contributed by atoms with Crippen molar-refractivity contribution in [3.63, 3.8) is 0 Å². The van der Waals surface area contributed by atoms with Crippen LogP contribution in [0.25, 0.3) is 6.08 Å². The van der Waals surface area contributed by atoms with E-state index in [9.17, 15) is 0 Å². The van der Waals surface area contributed by atoms with Crippen LogP contribution in [0, 0.1) is 0 Å². The number of hydrogen-bond donors (Lipinski definition) is 1. The number of aromatic nitrogens is 1. The van der Waals surface area contributed by atoms with Crippen LogP contribution in [0.3, 0.4) is 0 Å². The van der Waals surface area contributed by atoms with Crippen LogP contribution >= 0.6 is 0 Å². The first-order valence-electron chi connectivity index (χ1n) is 5.52. The van der Waals surface area contributed by atoms with Crippen molar-refractivity contribution >= 4 is 6.08 Å². The molecular weight excluding hydrogens is 210 g/mol. The Kier molecular flexibility index (Phi) is 3.81. The summed E-state index contributed by atoms with van der Waals surface area (Å²) in [7, 11) is 0. The first-order chi connectivity index (χ1) is 8.34. The fourth-order valence-corrected chi connectivity index (χ4v) is 1.43. The molecule has 0 fully saturated rings. The lowest BCUT2D eigenvalue weighted by atomic mass is 10.2. The first kappa shape index (κ1) is 11.3. The van der Waals surface area contributed by atoms with Gasteiger partial charge in [0, 0.05) is 11.9 Å². The van der Waals surface area contributed by atoms with Gasteiger partial charge in [0.15, 0.2) is 0 Å². The fourth-order valence-electron chi connectivity index (χ4n) is 1.43. The fraction of sp³-hybridized carbons (Fsp3) is 0.0667. The van der Waals surface area contributed by atoms with E-state index in [4.69, 9.17) is 4.74 Å². The predicted molar refractivity (Wildman–Crippen MR) is 70.2 cm³/mol. The summed E-state index contributed by atoms with van der Waals surface area (Å²) in [4.78, 5) is 3.08. The molecule has 0 unspecified atom stereocenters. The summed E-state index contributed by atoms with van der Waals surface area (Å²) in [6.07, 6.45) is 5.68. The van der Waals surface area contributed by atoms with Crippen LogP contribution in [0.4, 0.5) is 0 Å². The van der Waals surface area contributed by atoms with Gasteiger partial charge in [-0.25, -0.2) is 0 Å². The molecule has 0 atom stereocenters. The van der Waals surface area contributed by atoms with Crippen molar-refractivity contribution < 1.29 is 4.74 Å². The molecule has 17 heavy (non-hydrogen) atoms. The normalized spacial score (nSPS) is 10.6. The van der Waals surface area contributed by atoms with Gasteiger partial charge in [-0.2, -0.15) is 0 Å². The van der Waals surface area contributed by atoms with Gasteiger partial charge in [0.05, 0.1) is 0 Å². The van der Waals surface area contributed by atoms with Crippen LogP contribution in [0.2, 0.25) is 0 Å². The van der Waals surface area contributed by atoms with Gasteiger partial charge >= 0.3 is 0 Å². The maximum atomic E-state index is 5.53. The van der Waals surface area contributed by atoms with Gasteiger partial charge in [0.2, 0.25) is 0 Å². The molecule has 0 aliphatic rings. The summed E-state index contributed by atoms with van der Waals surface area (Å²) in [6, 6.07) is 14.0. The second kappa shape index (κ2) is 5.75. The molecule has 0 spiro atoms. The Morgan fingerprint density at radius 3 is 2.71 bits per heavy atom. The molecule has 1 N–H and O–H groups in total. The zero-order valence-corrected chi connectivity index (χ0v) is 9.60. The van der Waals surface area contributed by atoms with Crippen molar-refractivity contribution in [1.29, 1.82) is 0 Å². The lowest BCUT2D eigenvalue weighted by molar-refractivity contribution is 0.213. The van der Waals surface area contributed by atoms with E-state index in [0.29, 0.717) is 12.4 Å². The van der Waals surface area contributed by atoms with E-state index in [-0.39, 0.29) is 0 Å². The zero-order chi connectivity index (χ0) is 11.9. The molecule has 2 rings (SSSR count). The van der Waals surface area contributed by atoms with Gasteiger partial charge in [-0.05, 0) is 29.8 Å². The Labute approximate surface area is 101 Å². The molecule has 0 radical (unpaired) electrons. The van der Waals surface area contributed by atoms with Crippen molar-refractivity contribution in [3.8, 4) is 0 Å². The minimum Gasteiger partial charge on any atom is -0.490 e. The summed E-state index contributed by atoms with van der Waals surface area (Å²) in [5.41, 5.74) is 2.18. The average molecular weight is 225 g/mol. The molecule has 1 heterocycles. The molecule has 2 aromatic rings. The standard InChI is InChI=1S/C15H15NO/c1-13(9-10-15-8-5-11-16-15)17-12-14-6-3-2-4-7-14/h2-11,16H,1,12H2/b10-9-. The number of ether oxygens (including phenoxy) is 1. The van der Waals surface area contributed by atoms with E-state index in [0.717, 1.165) is 11.3 Å². The summed E-state index contributed by atoms with van der Waals surface area (Å²) < 4.78 is 5.53. The van der Waals surface area contributed by atoms with Crippen molar-refractivity contribution in [1.82, 2.24) is 4.98 Å². The second-order valence-corrected chi connectivity index (χ2v) is 3.70. The molecule has 0 aliphatic heterocycles. The SMILES string of the molecule is C=C(/C=C\c1ccc[nH]1)OCc1ccccc1. The molecule has 2 nitrogen and oxygen atoms in total. The van der Waals surface area contributed by atoms with Gasteiger partial charge < -0.3 is 9.72 Å². The van der Waals surface area contributed by atoms with Gasteiger partial charge in [0.1, 0.15) is 12.4 Å². The third-order valence-corrected chi connectivity index (χ3v) is 2.34. The number of hydrogen-bond acceptors (Lipinski definition) is 1. The Morgan fingerprint density at radius 1 is 1.18 bits per heavy atom.